The number of halogens is 2. The van der Waals surface area contributed by atoms with E-state index < -0.39 is 5.97 Å². The van der Waals surface area contributed by atoms with Crippen LogP contribution in [0.5, 0.6) is 0 Å². The van der Waals surface area contributed by atoms with Crippen LogP contribution in [0.2, 0.25) is 0 Å². The monoisotopic (exact) mass is 354 g/mol. The standard InChI is InChI=1S/C12H18BrFO4.C2H6/c1-4-9(16-5-2)12(13)10(18-14)7-8-11(15)17-6-3;1-2/h7H,4-6,8H2,1-3H3;1-2H3/b10-7+,12-9-;. The van der Waals surface area contributed by atoms with E-state index in [0.717, 1.165) is 0 Å². The van der Waals surface area contributed by atoms with Crippen molar-refractivity contribution in [1.29, 1.82) is 0 Å². The summed E-state index contributed by atoms with van der Waals surface area (Å²) in [5.41, 5.74) is 0. The molecule has 0 radical (unpaired) electrons. The molecule has 0 saturated carbocycles. The predicted octanol–water partition coefficient (Wildman–Crippen LogP) is 4.80. The van der Waals surface area contributed by atoms with Crippen molar-refractivity contribution in [1.82, 2.24) is 0 Å². The number of esters is 1. The molecule has 0 N–H and O–H groups in total. The average molecular weight is 355 g/mol. The Hall–Kier alpha value is -1.04. The Morgan fingerprint density at radius 3 is 2.10 bits per heavy atom. The molecule has 0 atom stereocenters. The first-order valence-electron chi connectivity index (χ1n) is 6.76. The number of rotatable bonds is 8. The minimum absolute atomic E-state index is 0.0642. The Labute approximate surface area is 129 Å². The summed E-state index contributed by atoms with van der Waals surface area (Å²) < 4.78 is 22.8. The SMILES string of the molecule is CC.CCOC(=O)C/C=C(OF)\C(Br)=C(/CC)OCC. The van der Waals surface area contributed by atoms with Gasteiger partial charge in [-0.3, -0.25) is 9.74 Å². The molecule has 0 bridgehead atoms. The zero-order valence-electron chi connectivity index (χ0n) is 12.8. The molecule has 6 heteroatoms. The third-order valence-corrected chi connectivity index (χ3v) is 2.78. The van der Waals surface area contributed by atoms with Crippen molar-refractivity contribution in [3.63, 3.8) is 0 Å². The van der Waals surface area contributed by atoms with Crippen LogP contribution in [0.4, 0.5) is 4.53 Å². The van der Waals surface area contributed by atoms with Crippen molar-refractivity contribution in [2.75, 3.05) is 13.2 Å². The quantitative estimate of drug-likeness (QED) is 0.356. The largest absolute Gasteiger partial charge is 0.497 e. The van der Waals surface area contributed by atoms with Gasteiger partial charge in [0.1, 0.15) is 10.2 Å². The van der Waals surface area contributed by atoms with Crippen LogP contribution in [-0.2, 0) is 19.2 Å². The summed E-state index contributed by atoms with van der Waals surface area (Å²) in [4.78, 5) is 14.9. The van der Waals surface area contributed by atoms with Gasteiger partial charge in [-0.05, 0) is 35.9 Å². The van der Waals surface area contributed by atoms with Gasteiger partial charge in [-0.15, -0.1) is 0 Å². The van der Waals surface area contributed by atoms with Crippen LogP contribution < -0.4 is 0 Å². The predicted molar refractivity (Wildman–Crippen MR) is 80.7 cm³/mol. The molecule has 0 aromatic rings. The van der Waals surface area contributed by atoms with Crippen LogP contribution in [0.25, 0.3) is 0 Å². The summed E-state index contributed by atoms with van der Waals surface area (Å²) in [5.74, 6) is 0.0282. The lowest BCUT2D eigenvalue weighted by molar-refractivity contribution is -0.142. The molecule has 4 nitrogen and oxygen atoms in total. The van der Waals surface area contributed by atoms with Gasteiger partial charge in [-0.2, -0.15) is 0 Å². The summed E-state index contributed by atoms with van der Waals surface area (Å²) in [6.45, 7) is 10.2. The van der Waals surface area contributed by atoms with Crippen molar-refractivity contribution >= 4 is 21.9 Å². The second-order valence-corrected chi connectivity index (χ2v) is 3.97. The van der Waals surface area contributed by atoms with Crippen molar-refractivity contribution in [2.24, 2.45) is 0 Å². The second-order valence-electron chi connectivity index (χ2n) is 3.18. The highest BCUT2D eigenvalue weighted by Gasteiger charge is 2.12. The smallest absolute Gasteiger partial charge is 0.309 e. The van der Waals surface area contributed by atoms with E-state index in [1.807, 2.05) is 27.7 Å². The maximum absolute atomic E-state index is 12.4. The number of allylic oxidation sites excluding steroid dienone is 2. The van der Waals surface area contributed by atoms with E-state index in [4.69, 9.17) is 9.47 Å². The van der Waals surface area contributed by atoms with Gasteiger partial charge in [0, 0.05) is 10.9 Å². The topological polar surface area (TPSA) is 44.8 Å². The maximum atomic E-state index is 12.4. The molecule has 0 unspecified atom stereocenters. The lowest BCUT2D eigenvalue weighted by atomic mass is 10.3. The van der Waals surface area contributed by atoms with Crippen LogP contribution in [0.15, 0.2) is 22.1 Å². The van der Waals surface area contributed by atoms with Gasteiger partial charge in [0.15, 0.2) is 5.76 Å². The van der Waals surface area contributed by atoms with E-state index >= 15 is 0 Å². The molecule has 0 heterocycles. The number of carbonyl (C=O) groups excluding carboxylic acids is 1. The maximum Gasteiger partial charge on any atom is 0.309 e. The summed E-state index contributed by atoms with van der Waals surface area (Å²) in [6, 6.07) is 0. The normalized spacial score (nSPS) is 11.8. The molecular formula is C14H24BrFO4. The minimum atomic E-state index is -0.443. The molecule has 0 aliphatic heterocycles. The van der Waals surface area contributed by atoms with Gasteiger partial charge < -0.3 is 9.47 Å². The molecule has 0 amide bonds. The van der Waals surface area contributed by atoms with Crippen LogP contribution >= 0.6 is 15.9 Å². The van der Waals surface area contributed by atoms with Crippen molar-refractivity contribution < 1.29 is 23.7 Å². The van der Waals surface area contributed by atoms with Gasteiger partial charge in [-0.25, -0.2) is 0 Å². The molecule has 20 heavy (non-hydrogen) atoms. The Bertz CT molecular complexity index is 327. The highest BCUT2D eigenvalue weighted by atomic mass is 79.9. The summed E-state index contributed by atoms with van der Waals surface area (Å²) in [5, 5.41) is 0. The minimum Gasteiger partial charge on any atom is -0.497 e. The highest BCUT2D eigenvalue weighted by molar-refractivity contribution is 9.12. The average Bonchev–Trinajstić information content (AvgIpc) is 2.47. The van der Waals surface area contributed by atoms with E-state index in [1.165, 1.54) is 6.08 Å². The fraction of sp³-hybridized carbons (Fsp3) is 0.643. The van der Waals surface area contributed by atoms with Gasteiger partial charge in [0.05, 0.1) is 19.6 Å². The van der Waals surface area contributed by atoms with Gasteiger partial charge in [0.25, 0.3) is 0 Å². The van der Waals surface area contributed by atoms with Crippen LogP contribution in [0.3, 0.4) is 0 Å². The van der Waals surface area contributed by atoms with Crippen molar-refractivity contribution in [3.8, 4) is 0 Å². The Balaban J connectivity index is 0. The van der Waals surface area contributed by atoms with Crippen molar-refractivity contribution in [2.45, 2.75) is 47.5 Å². The van der Waals surface area contributed by atoms with Crippen LogP contribution in [0.1, 0.15) is 47.5 Å². The molecule has 0 aromatic heterocycles. The summed E-state index contributed by atoms with van der Waals surface area (Å²) in [6.07, 6.45) is 1.82. The number of ether oxygens (including phenoxy) is 2. The fourth-order valence-corrected chi connectivity index (χ4v) is 1.80. The lowest BCUT2D eigenvalue weighted by Gasteiger charge is -2.09. The summed E-state index contributed by atoms with van der Waals surface area (Å²) in [7, 11) is 0. The third kappa shape index (κ3) is 8.96. The highest BCUT2D eigenvalue weighted by Crippen LogP contribution is 2.26. The molecule has 118 valence electrons. The van der Waals surface area contributed by atoms with Crippen LogP contribution in [0, 0.1) is 0 Å². The zero-order chi connectivity index (χ0) is 16.0. The molecule has 0 aliphatic rings. The molecule has 0 rings (SSSR count). The van der Waals surface area contributed by atoms with E-state index in [9.17, 15) is 9.32 Å². The Morgan fingerprint density at radius 2 is 1.70 bits per heavy atom. The lowest BCUT2D eigenvalue weighted by Crippen LogP contribution is -2.03. The number of hydrogen-bond acceptors (Lipinski definition) is 4. The molecule has 0 aliphatic carbocycles. The van der Waals surface area contributed by atoms with Gasteiger partial charge >= 0.3 is 5.97 Å². The fourth-order valence-electron chi connectivity index (χ4n) is 1.18. The zero-order valence-corrected chi connectivity index (χ0v) is 14.4. The van der Waals surface area contributed by atoms with Crippen LogP contribution in [-0.4, -0.2) is 19.2 Å². The molecular weight excluding hydrogens is 331 g/mol. The van der Waals surface area contributed by atoms with Gasteiger partial charge in [-0.1, -0.05) is 20.8 Å². The van der Waals surface area contributed by atoms with E-state index in [0.29, 0.717) is 23.3 Å². The first kappa shape index (κ1) is 21.3. The van der Waals surface area contributed by atoms with Crippen molar-refractivity contribution in [3.05, 3.63) is 22.1 Å². The second kappa shape index (κ2) is 14.4. The molecule has 0 saturated heterocycles. The number of hydrogen-bond donors (Lipinski definition) is 0. The summed E-state index contributed by atoms with van der Waals surface area (Å²) >= 11 is 3.19. The number of carbonyl (C=O) groups is 1. The van der Waals surface area contributed by atoms with E-state index in [1.54, 1.807) is 6.92 Å². The molecule has 0 aromatic carbocycles. The molecule has 0 fully saturated rings. The van der Waals surface area contributed by atoms with E-state index in [-0.39, 0.29) is 18.8 Å². The first-order valence-corrected chi connectivity index (χ1v) is 7.56. The van der Waals surface area contributed by atoms with Gasteiger partial charge in [0.2, 0.25) is 0 Å². The third-order valence-electron chi connectivity index (χ3n) is 1.94. The molecule has 0 spiro atoms. The first-order chi connectivity index (χ1) is 9.60. The Kier molecular flexibility index (Phi) is 15.3. The van der Waals surface area contributed by atoms with E-state index in [2.05, 4.69) is 20.9 Å². The Morgan fingerprint density at radius 1 is 1.15 bits per heavy atom.